The van der Waals surface area contributed by atoms with Crippen molar-refractivity contribution in [1.29, 1.82) is 0 Å². The van der Waals surface area contributed by atoms with E-state index in [9.17, 15) is 22.4 Å². The monoisotopic (exact) mass is 1710 g/mol. The fraction of sp³-hybridized carbons (Fsp3) is 0.306. The van der Waals surface area contributed by atoms with E-state index in [2.05, 4.69) is 257 Å². The van der Waals surface area contributed by atoms with E-state index in [4.69, 9.17) is 9.47 Å². The molecule has 17 rings (SSSR count). The van der Waals surface area contributed by atoms with E-state index in [1.165, 1.54) is 81.9 Å². The van der Waals surface area contributed by atoms with Crippen LogP contribution in [0, 0.1) is 37.1 Å². The summed E-state index contributed by atoms with van der Waals surface area (Å²) in [5.74, 6) is -1.43. The number of amides is 1. The number of benzene rings is 12. The molecule has 0 saturated carbocycles. The molecule has 5 aliphatic heterocycles. The Hall–Kier alpha value is -11.1. The summed E-state index contributed by atoms with van der Waals surface area (Å²) in [6, 6.07) is 108. The van der Waals surface area contributed by atoms with Crippen LogP contribution in [0.15, 0.2) is 340 Å². The Bertz CT molecular complexity index is 5040. The molecule has 16 heteroatoms. The Kier molecular flexibility index (Phi) is 34.9. The second kappa shape index (κ2) is 48.2. The van der Waals surface area contributed by atoms with Crippen LogP contribution in [0.2, 0.25) is 0 Å². The number of nitrogens with one attached hydrogen (secondary N) is 1. The fourth-order valence-corrected chi connectivity index (χ4v) is 18.3. The molecule has 0 atom stereocenters. The van der Waals surface area contributed by atoms with Crippen LogP contribution in [0.4, 0.5) is 23.2 Å². The second-order valence-corrected chi connectivity index (χ2v) is 33.8. The smallest absolute Gasteiger partial charge is 0.238 e. The van der Waals surface area contributed by atoms with Crippen LogP contribution < -0.4 is 5.32 Å². The zero-order chi connectivity index (χ0) is 87.6. The van der Waals surface area contributed by atoms with Crippen molar-refractivity contribution in [2.75, 3.05) is 156 Å². The lowest BCUT2D eigenvalue weighted by molar-refractivity contribution is -0.172. The number of ether oxygens (including phenoxy) is 2. The molecule has 0 unspecified atom stereocenters. The van der Waals surface area contributed by atoms with Gasteiger partial charge in [0.2, 0.25) is 5.91 Å². The number of hydrogen-bond donors (Lipinski definition) is 1. The van der Waals surface area contributed by atoms with Gasteiger partial charge in [0.15, 0.2) is 5.79 Å². The van der Waals surface area contributed by atoms with E-state index in [1.807, 2.05) is 105 Å². The van der Waals surface area contributed by atoms with Crippen molar-refractivity contribution >= 4 is 23.7 Å². The van der Waals surface area contributed by atoms with Crippen LogP contribution in [-0.2, 0) is 20.1 Å². The number of aryl methyl sites for hydroxylation is 2. The van der Waals surface area contributed by atoms with Gasteiger partial charge in [0.05, 0.1) is 37.9 Å². The lowest BCUT2D eigenvalue weighted by Gasteiger charge is -2.40. The third kappa shape index (κ3) is 27.5. The summed E-state index contributed by atoms with van der Waals surface area (Å²) in [5.41, 5.74) is 16.3. The third-order valence-electron chi connectivity index (χ3n) is 25.1. The van der Waals surface area contributed by atoms with Crippen LogP contribution in [0.1, 0.15) is 122 Å². The fourth-order valence-electron chi connectivity index (χ4n) is 18.3. The standard InChI is InChI=1S/C30H35F2N3O.C29H34N2O2.C26H26F2N2.C26H28N2/c1-22-5-3-6-23(2)30(22)33-29(36)21-35-19-17-34(18-20-35)16-4-7-28(24-8-12-26(31)13-9-24)25-10-14-27(32)15-11-25;1-4-11-25(12-5-1)28(26-13-6-2-7-14-26)31-21-19-30(20-22-31)18-10-17-29(32-23-24-33-29)27-15-8-3-9-16-27;27-24-12-8-22(9-13-24)26(23-10-14-25(28)15-11-23)30-19-17-29(18-20-30)16-4-7-21-5-2-1-3-6-21;1-4-11-23(12-5-1)13-10-18-27-19-21-28(22-20-27)26(24-14-6-2-7-15-24)25-16-8-3-9-17-25/h3,5-6,8-15,28H,4,7,16-21H2,1-2H3,(H,33,36);1-9,11-16,28H,10,17-24H2;1-15,26H,16-20H2;1-17,26H,18-22H2/b;;7-4+;13-10+. The van der Waals surface area contributed by atoms with Crippen molar-refractivity contribution in [3.8, 4) is 0 Å². The molecule has 0 spiro atoms. The van der Waals surface area contributed by atoms with Gasteiger partial charge in [0.1, 0.15) is 23.3 Å². The first-order valence-corrected chi connectivity index (χ1v) is 45.5. The molecule has 1 amide bonds. The molecule has 0 bridgehead atoms. The minimum atomic E-state index is -0.561. The molecule has 12 aromatic rings. The topological polar surface area (TPSA) is 73.5 Å². The largest absolute Gasteiger partial charge is 0.343 e. The number of halogens is 4. The van der Waals surface area contributed by atoms with Gasteiger partial charge in [-0.25, -0.2) is 17.6 Å². The molecule has 127 heavy (non-hydrogen) atoms. The predicted molar refractivity (Wildman–Crippen MR) is 510 cm³/mol. The van der Waals surface area contributed by atoms with E-state index in [-0.39, 0.29) is 41.1 Å². The van der Waals surface area contributed by atoms with Crippen molar-refractivity contribution in [2.45, 2.75) is 69.4 Å². The van der Waals surface area contributed by atoms with Crippen LogP contribution in [0.3, 0.4) is 0 Å². The molecule has 5 saturated heterocycles. The highest BCUT2D eigenvalue weighted by Gasteiger charge is 2.39. The van der Waals surface area contributed by atoms with Gasteiger partial charge >= 0.3 is 0 Å². The summed E-state index contributed by atoms with van der Waals surface area (Å²) in [7, 11) is 0. The quantitative estimate of drug-likeness (QED) is 0.0456. The van der Waals surface area contributed by atoms with Crippen molar-refractivity contribution < 1.29 is 31.8 Å². The molecule has 12 nitrogen and oxygen atoms in total. The number of rotatable bonds is 29. The molecule has 0 aromatic heterocycles. The number of nitrogens with zero attached hydrogens (tertiary/aromatic N) is 8. The lowest BCUT2D eigenvalue weighted by atomic mass is 9.87. The summed E-state index contributed by atoms with van der Waals surface area (Å²) in [6.07, 6.45) is 12.7. The maximum Gasteiger partial charge on any atom is 0.238 e. The first-order valence-electron chi connectivity index (χ1n) is 45.5. The molecular weight excluding hydrogens is 1580 g/mol. The van der Waals surface area contributed by atoms with Gasteiger partial charge < -0.3 is 24.6 Å². The second-order valence-electron chi connectivity index (χ2n) is 33.8. The normalized spacial score (nSPS) is 16.5. The SMILES string of the molecule is C(=C\c1ccccc1)/CN1CCN(C(c2ccccc2)c2ccccc2)CC1.Cc1cccc(C)c1NC(=O)CN1CCN(CCCC(c2ccc(F)cc2)c2ccc(F)cc2)CC1.Fc1ccc(C(c2ccc(F)cc2)N2CCN(C/C=C/c3ccccc3)CC2)cc1.c1ccc(C(c2ccccc2)N2CCN(CCCC3(c4ccccc4)OCCO3)CC2)cc1. The number of anilines is 1. The van der Waals surface area contributed by atoms with Gasteiger partial charge in [-0.3, -0.25) is 34.2 Å². The first kappa shape index (κ1) is 92.1. The summed E-state index contributed by atoms with van der Waals surface area (Å²) < 4.78 is 66.1. The number of carbonyl (C=O) groups excluding carboxylic acids is 1. The summed E-state index contributed by atoms with van der Waals surface area (Å²) in [6.45, 7) is 25.8. The Morgan fingerprint density at radius 2 is 0.638 bits per heavy atom. The zero-order valence-electron chi connectivity index (χ0n) is 73.7. The van der Waals surface area contributed by atoms with Crippen LogP contribution >= 0.6 is 0 Å². The van der Waals surface area contributed by atoms with Crippen molar-refractivity contribution in [2.24, 2.45) is 0 Å². The number of para-hydroxylation sites is 1. The molecular formula is C111H123F4N9O3. The van der Waals surface area contributed by atoms with Gasteiger partial charge in [-0.1, -0.05) is 303 Å². The minimum absolute atomic E-state index is 0.00629. The molecule has 5 heterocycles. The molecule has 0 radical (unpaired) electrons. The third-order valence-corrected chi connectivity index (χ3v) is 25.1. The average molecular weight is 1710 g/mol. The van der Waals surface area contributed by atoms with Gasteiger partial charge in [-0.2, -0.15) is 0 Å². The van der Waals surface area contributed by atoms with Gasteiger partial charge in [0.25, 0.3) is 0 Å². The van der Waals surface area contributed by atoms with E-state index in [1.54, 1.807) is 0 Å². The van der Waals surface area contributed by atoms with Crippen LogP contribution in [0.5, 0.6) is 0 Å². The highest BCUT2D eigenvalue weighted by Crippen LogP contribution is 2.38. The zero-order valence-corrected chi connectivity index (χ0v) is 73.7. The molecule has 0 aliphatic carbocycles. The van der Waals surface area contributed by atoms with Crippen LogP contribution in [-0.4, -0.2) is 196 Å². The molecule has 1 N–H and O–H groups in total. The Labute approximate surface area is 751 Å². The Balaban J connectivity index is 0.000000138. The van der Waals surface area contributed by atoms with E-state index in [0.29, 0.717) is 31.8 Å². The summed E-state index contributed by atoms with van der Waals surface area (Å²) in [5, 5.41) is 3.08. The predicted octanol–water partition coefficient (Wildman–Crippen LogP) is 21.3. The average Bonchev–Trinajstić information content (AvgIpc) is 1.72. The van der Waals surface area contributed by atoms with Crippen molar-refractivity contribution in [3.63, 3.8) is 0 Å². The van der Waals surface area contributed by atoms with Crippen molar-refractivity contribution in [3.05, 3.63) is 435 Å². The maximum atomic E-state index is 13.5. The molecule has 5 aliphatic rings. The van der Waals surface area contributed by atoms with Gasteiger partial charge in [-0.05, 0) is 161 Å². The number of piperazine rings is 4. The molecule has 658 valence electrons. The van der Waals surface area contributed by atoms with E-state index >= 15 is 0 Å². The minimum Gasteiger partial charge on any atom is -0.343 e. The van der Waals surface area contributed by atoms with Crippen LogP contribution in [0.25, 0.3) is 12.2 Å². The molecule has 12 aromatic carbocycles. The highest BCUT2D eigenvalue weighted by atomic mass is 19.1. The summed E-state index contributed by atoms with van der Waals surface area (Å²) in [4.78, 5) is 32.5. The summed E-state index contributed by atoms with van der Waals surface area (Å²) >= 11 is 0. The number of hydrogen-bond acceptors (Lipinski definition) is 11. The van der Waals surface area contributed by atoms with Gasteiger partial charge in [0, 0.05) is 141 Å². The molecule has 5 fully saturated rings. The van der Waals surface area contributed by atoms with E-state index < -0.39 is 5.79 Å². The highest BCUT2D eigenvalue weighted by molar-refractivity contribution is 5.93. The van der Waals surface area contributed by atoms with E-state index in [0.717, 1.165) is 201 Å². The Morgan fingerprint density at radius 3 is 1.00 bits per heavy atom. The van der Waals surface area contributed by atoms with Gasteiger partial charge in [-0.15, -0.1) is 0 Å². The van der Waals surface area contributed by atoms with Crippen molar-refractivity contribution in [1.82, 2.24) is 39.2 Å². The number of carbonyl (C=O) groups is 1. The maximum absolute atomic E-state index is 13.5. The first-order chi connectivity index (χ1) is 62.3. The Morgan fingerprint density at radius 1 is 0.339 bits per heavy atom. The lowest BCUT2D eigenvalue weighted by Crippen LogP contribution is -2.48.